The van der Waals surface area contributed by atoms with E-state index in [2.05, 4.69) is 9.98 Å². The van der Waals surface area contributed by atoms with Gasteiger partial charge in [0.15, 0.2) is 0 Å². The van der Waals surface area contributed by atoms with Gasteiger partial charge in [-0.1, -0.05) is 18.2 Å². The van der Waals surface area contributed by atoms with Crippen molar-refractivity contribution in [1.82, 2.24) is 4.98 Å². The minimum atomic E-state index is 0.208. The largest absolute Gasteiger partial charge is 0.506 e. The molecule has 0 atom stereocenters. The number of phenolic OH excluding ortho intramolecular Hbond substituents is 1. The maximum atomic E-state index is 9.61. The van der Waals surface area contributed by atoms with Gasteiger partial charge in [0, 0.05) is 18.1 Å². The SMILES string of the molecule is CCN=Cc1ccc2cccc(O)c2n1. The first kappa shape index (κ1) is 9.65. The number of aromatic hydroxyl groups is 1. The highest BCUT2D eigenvalue weighted by Gasteiger charge is 2.00. The number of nitrogens with zero attached hydrogens (tertiary/aromatic N) is 2. The number of para-hydroxylation sites is 1. The van der Waals surface area contributed by atoms with Gasteiger partial charge in [0.2, 0.25) is 0 Å². The lowest BCUT2D eigenvalue weighted by Gasteiger charge is -2.00. The number of aromatic nitrogens is 1. The van der Waals surface area contributed by atoms with Crippen molar-refractivity contribution in [2.45, 2.75) is 6.92 Å². The lowest BCUT2D eigenvalue weighted by molar-refractivity contribution is 0.480. The zero-order chi connectivity index (χ0) is 10.7. The summed E-state index contributed by atoms with van der Waals surface area (Å²) < 4.78 is 0. The van der Waals surface area contributed by atoms with Gasteiger partial charge in [0.25, 0.3) is 0 Å². The molecule has 1 aromatic heterocycles. The maximum absolute atomic E-state index is 9.61. The van der Waals surface area contributed by atoms with Gasteiger partial charge in [-0.15, -0.1) is 0 Å². The maximum Gasteiger partial charge on any atom is 0.141 e. The van der Waals surface area contributed by atoms with Crippen molar-refractivity contribution in [3.63, 3.8) is 0 Å². The third-order valence-corrected chi connectivity index (χ3v) is 2.13. The molecule has 0 radical (unpaired) electrons. The van der Waals surface area contributed by atoms with E-state index in [1.807, 2.05) is 25.1 Å². The highest BCUT2D eigenvalue weighted by atomic mass is 16.3. The first-order chi connectivity index (χ1) is 7.31. The predicted molar refractivity (Wildman–Crippen MR) is 61.5 cm³/mol. The quantitative estimate of drug-likeness (QED) is 0.756. The molecule has 0 bridgehead atoms. The van der Waals surface area contributed by atoms with Crippen LogP contribution < -0.4 is 0 Å². The van der Waals surface area contributed by atoms with Crippen molar-refractivity contribution in [3.05, 3.63) is 36.0 Å². The summed E-state index contributed by atoms with van der Waals surface area (Å²) in [5.41, 5.74) is 1.39. The molecule has 1 aromatic carbocycles. The van der Waals surface area contributed by atoms with Crippen molar-refractivity contribution in [1.29, 1.82) is 0 Å². The first-order valence-corrected chi connectivity index (χ1v) is 4.90. The van der Waals surface area contributed by atoms with Gasteiger partial charge >= 0.3 is 0 Å². The zero-order valence-electron chi connectivity index (χ0n) is 8.51. The van der Waals surface area contributed by atoms with E-state index in [-0.39, 0.29) is 5.75 Å². The molecule has 1 heterocycles. The Hall–Kier alpha value is -1.90. The second-order valence-electron chi connectivity index (χ2n) is 3.21. The summed E-state index contributed by atoms with van der Waals surface area (Å²) in [5, 5.41) is 10.5. The Morgan fingerprint density at radius 1 is 1.33 bits per heavy atom. The van der Waals surface area contributed by atoms with E-state index in [9.17, 15) is 5.11 Å². The Balaban J connectivity index is 2.54. The molecular formula is C12H12N2O. The van der Waals surface area contributed by atoms with Gasteiger partial charge in [-0.25, -0.2) is 4.98 Å². The fourth-order valence-corrected chi connectivity index (χ4v) is 1.40. The molecule has 0 aliphatic carbocycles. The Morgan fingerprint density at radius 2 is 2.20 bits per heavy atom. The van der Waals surface area contributed by atoms with E-state index in [1.54, 1.807) is 18.3 Å². The van der Waals surface area contributed by atoms with Crippen LogP contribution >= 0.6 is 0 Å². The van der Waals surface area contributed by atoms with Crippen LogP contribution in [0.25, 0.3) is 10.9 Å². The molecule has 2 aromatic rings. The van der Waals surface area contributed by atoms with Gasteiger partial charge in [-0.2, -0.15) is 0 Å². The molecule has 15 heavy (non-hydrogen) atoms. The average Bonchev–Trinajstić information content (AvgIpc) is 2.27. The molecule has 76 valence electrons. The van der Waals surface area contributed by atoms with E-state index >= 15 is 0 Å². The molecule has 0 spiro atoms. The smallest absolute Gasteiger partial charge is 0.141 e. The second kappa shape index (κ2) is 4.09. The summed E-state index contributed by atoms with van der Waals surface area (Å²) in [4.78, 5) is 8.42. The predicted octanol–water partition coefficient (Wildman–Crippen LogP) is 2.38. The topological polar surface area (TPSA) is 45.5 Å². The third kappa shape index (κ3) is 1.96. The summed E-state index contributed by atoms with van der Waals surface area (Å²) in [6.45, 7) is 2.70. The number of rotatable bonds is 2. The third-order valence-electron chi connectivity index (χ3n) is 2.13. The number of aliphatic imine (C=N–C) groups is 1. The normalized spacial score (nSPS) is 11.3. The molecule has 0 unspecified atom stereocenters. The average molecular weight is 200 g/mol. The zero-order valence-corrected chi connectivity index (χ0v) is 8.51. The Morgan fingerprint density at radius 3 is 3.00 bits per heavy atom. The molecule has 0 saturated heterocycles. The van der Waals surface area contributed by atoms with E-state index < -0.39 is 0 Å². The van der Waals surface area contributed by atoms with Crippen LogP contribution in [0, 0.1) is 0 Å². The van der Waals surface area contributed by atoms with Crippen LogP contribution in [-0.4, -0.2) is 22.8 Å². The number of phenols is 1. The van der Waals surface area contributed by atoms with Gasteiger partial charge in [-0.05, 0) is 19.1 Å². The van der Waals surface area contributed by atoms with Crippen molar-refractivity contribution >= 4 is 17.1 Å². The second-order valence-corrected chi connectivity index (χ2v) is 3.21. The van der Waals surface area contributed by atoms with Gasteiger partial charge in [0.05, 0.1) is 5.69 Å². The fourth-order valence-electron chi connectivity index (χ4n) is 1.40. The van der Waals surface area contributed by atoms with Crippen molar-refractivity contribution < 1.29 is 5.11 Å². The monoisotopic (exact) mass is 200 g/mol. The van der Waals surface area contributed by atoms with Gasteiger partial charge in [-0.3, -0.25) is 4.99 Å². The summed E-state index contributed by atoms with van der Waals surface area (Å²) in [5.74, 6) is 0.208. The van der Waals surface area contributed by atoms with Crippen LogP contribution in [0.2, 0.25) is 0 Å². The highest BCUT2D eigenvalue weighted by molar-refractivity contribution is 5.88. The van der Waals surface area contributed by atoms with Crippen LogP contribution in [-0.2, 0) is 0 Å². The Labute approximate surface area is 88.1 Å². The van der Waals surface area contributed by atoms with E-state index in [1.165, 1.54) is 0 Å². The lowest BCUT2D eigenvalue weighted by atomic mass is 10.2. The van der Waals surface area contributed by atoms with E-state index in [0.717, 1.165) is 17.6 Å². The molecule has 3 heteroatoms. The number of hydrogen-bond donors (Lipinski definition) is 1. The summed E-state index contributed by atoms with van der Waals surface area (Å²) in [6.07, 6.45) is 1.71. The minimum Gasteiger partial charge on any atom is -0.506 e. The van der Waals surface area contributed by atoms with Crippen LogP contribution in [0.15, 0.2) is 35.3 Å². The Bertz CT molecular complexity index is 506. The molecule has 2 rings (SSSR count). The summed E-state index contributed by atoms with van der Waals surface area (Å²) in [7, 11) is 0. The van der Waals surface area contributed by atoms with Gasteiger partial charge in [0.1, 0.15) is 11.3 Å². The molecule has 0 saturated carbocycles. The van der Waals surface area contributed by atoms with Crippen molar-refractivity contribution in [2.24, 2.45) is 4.99 Å². The molecule has 1 N–H and O–H groups in total. The van der Waals surface area contributed by atoms with Gasteiger partial charge < -0.3 is 5.11 Å². The van der Waals surface area contributed by atoms with Crippen LogP contribution in [0.1, 0.15) is 12.6 Å². The minimum absolute atomic E-state index is 0.208. The molecule has 0 amide bonds. The van der Waals surface area contributed by atoms with E-state index in [0.29, 0.717) is 5.52 Å². The lowest BCUT2D eigenvalue weighted by Crippen LogP contribution is -1.89. The van der Waals surface area contributed by atoms with Crippen molar-refractivity contribution in [2.75, 3.05) is 6.54 Å². The number of pyridine rings is 1. The first-order valence-electron chi connectivity index (χ1n) is 4.90. The Kier molecular flexibility index (Phi) is 2.63. The van der Waals surface area contributed by atoms with Crippen LogP contribution in [0.3, 0.4) is 0 Å². The van der Waals surface area contributed by atoms with E-state index in [4.69, 9.17) is 0 Å². The van der Waals surface area contributed by atoms with Crippen molar-refractivity contribution in [3.8, 4) is 5.75 Å². The summed E-state index contributed by atoms with van der Waals surface area (Å²) >= 11 is 0. The summed E-state index contributed by atoms with van der Waals surface area (Å²) in [6, 6.07) is 9.18. The molecule has 3 nitrogen and oxygen atoms in total. The molecule has 0 aliphatic rings. The van der Waals surface area contributed by atoms with Crippen LogP contribution in [0.4, 0.5) is 0 Å². The molecular weight excluding hydrogens is 188 g/mol. The highest BCUT2D eigenvalue weighted by Crippen LogP contribution is 2.21. The number of benzene rings is 1. The number of hydrogen-bond acceptors (Lipinski definition) is 3. The molecule has 0 fully saturated rings. The number of fused-ring (bicyclic) bond motifs is 1. The standard InChI is InChI=1S/C12H12N2O/c1-2-13-8-10-7-6-9-4-3-5-11(15)12(9)14-10/h3-8,15H,2H2,1H3. The van der Waals surface area contributed by atoms with Crippen LogP contribution in [0.5, 0.6) is 5.75 Å². The molecule has 0 aliphatic heterocycles. The fraction of sp³-hybridized carbons (Fsp3) is 0.167.